The quantitative estimate of drug-likeness (QED) is 0.429. The van der Waals surface area contributed by atoms with Gasteiger partial charge in [0.25, 0.3) is 0 Å². The van der Waals surface area contributed by atoms with Gasteiger partial charge in [-0.15, -0.1) is 0 Å². The van der Waals surface area contributed by atoms with Crippen molar-refractivity contribution >= 4 is 17.9 Å². The zero-order valence-electron chi connectivity index (χ0n) is 6.34. The summed E-state index contributed by atoms with van der Waals surface area (Å²) < 4.78 is 0. The monoisotopic (exact) mass is 191 g/mol. The van der Waals surface area contributed by atoms with E-state index >= 15 is 0 Å². The minimum Gasteiger partial charge on any atom is -0.550 e. The topological polar surface area (TPSA) is 135 Å². The fourth-order valence-electron chi connectivity index (χ4n) is 0.684. The van der Waals surface area contributed by atoms with Gasteiger partial charge in [-0.3, -0.25) is 4.79 Å². The fourth-order valence-corrected chi connectivity index (χ4v) is 0.684. The first-order valence-electron chi connectivity index (χ1n) is 3.19. The SMILES string of the molecule is O=C(O)CC(C(=O)[O-])C(O)C(=O)O. The Morgan fingerprint density at radius 2 is 1.69 bits per heavy atom. The molecule has 0 aliphatic rings. The lowest BCUT2D eigenvalue weighted by molar-refractivity contribution is -0.314. The number of hydrogen-bond acceptors (Lipinski definition) is 5. The van der Waals surface area contributed by atoms with Crippen molar-refractivity contribution in [3.8, 4) is 0 Å². The first-order valence-corrected chi connectivity index (χ1v) is 3.19. The van der Waals surface area contributed by atoms with Gasteiger partial charge in [0.1, 0.15) is 0 Å². The molecule has 0 fully saturated rings. The minimum absolute atomic E-state index is 0.990. The first-order chi connectivity index (χ1) is 5.86. The maximum Gasteiger partial charge on any atom is 0.333 e. The van der Waals surface area contributed by atoms with E-state index in [4.69, 9.17) is 15.3 Å². The molecule has 0 bridgehead atoms. The molecule has 0 aromatic rings. The molecule has 2 atom stereocenters. The van der Waals surface area contributed by atoms with E-state index in [1.165, 1.54) is 0 Å². The molecule has 0 aromatic heterocycles. The highest BCUT2D eigenvalue weighted by Gasteiger charge is 2.28. The van der Waals surface area contributed by atoms with Crippen LogP contribution in [0.1, 0.15) is 6.42 Å². The van der Waals surface area contributed by atoms with Crippen molar-refractivity contribution < 1.29 is 34.8 Å². The Labute approximate surface area is 72.2 Å². The molecular formula is C6H7O7-. The van der Waals surface area contributed by atoms with Crippen molar-refractivity contribution in [2.75, 3.05) is 0 Å². The Morgan fingerprint density at radius 3 is 1.92 bits per heavy atom. The number of carbonyl (C=O) groups excluding carboxylic acids is 1. The van der Waals surface area contributed by atoms with Crippen LogP contribution < -0.4 is 5.11 Å². The number of carbonyl (C=O) groups is 3. The fraction of sp³-hybridized carbons (Fsp3) is 0.500. The second kappa shape index (κ2) is 4.41. The summed E-state index contributed by atoms with van der Waals surface area (Å²) in [6.45, 7) is 0. The van der Waals surface area contributed by atoms with Gasteiger partial charge in [-0.2, -0.15) is 0 Å². The number of carboxylic acid groups (broad SMARTS) is 3. The van der Waals surface area contributed by atoms with Crippen molar-refractivity contribution in [1.82, 2.24) is 0 Å². The molecule has 0 amide bonds. The summed E-state index contributed by atoms with van der Waals surface area (Å²) in [7, 11) is 0. The van der Waals surface area contributed by atoms with Crippen LogP contribution in [-0.2, 0) is 14.4 Å². The van der Waals surface area contributed by atoms with Crippen molar-refractivity contribution in [2.24, 2.45) is 5.92 Å². The van der Waals surface area contributed by atoms with Gasteiger partial charge in [0, 0.05) is 11.9 Å². The summed E-state index contributed by atoms with van der Waals surface area (Å²) in [5, 5.41) is 35.3. The highest BCUT2D eigenvalue weighted by molar-refractivity contribution is 5.84. The van der Waals surface area contributed by atoms with Gasteiger partial charge >= 0.3 is 11.9 Å². The van der Waals surface area contributed by atoms with Gasteiger partial charge in [-0.1, -0.05) is 0 Å². The number of aliphatic hydroxyl groups is 1. The van der Waals surface area contributed by atoms with Crippen molar-refractivity contribution in [2.45, 2.75) is 12.5 Å². The van der Waals surface area contributed by atoms with Gasteiger partial charge in [0.05, 0.1) is 6.42 Å². The van der Waals surface area contributed by atoms with Gasteiger partial charge in [0.2, 0.25) is 0 Å². The van der Waals surface area contributed by atoms with Gasteiger partial charge in [0.15, 0.2) is 6.10 Å². The van der Waals surface area contributed by atoms with E-state index in [9.17, 15) is 19.5 Å². The zero-order valence-corrected chi connectivity index (χ0v) is 6.34. The smallest absolute Gasteiger partial charge is 0.333 e. The number of hydrogen-bond donors (Lipinski definition) is 3. The average Bonchev–Trinajstić information content (AvgIpc) is 1.97. The van der Waals surface area contributed by atoms with Crippen LogP contribution in [-0.4, -0.2) is 39.3 Å². The molecule has 0 saturated carbocycles. The molecule has 0 saturated heterocycles. The van der Waals surface area contributed by atoms with Gasteiger partial charge < -0.3 is 25.2 Å². The first kappa shape index (κ1) is 11.4. The average molecular weight is 191 g/mol. The van der Waals surface area contributed by atoms with Gasteiger partial charge in [-0.25, -0.2) is 4.79 Å². The molecule has 0 rings (SSSR count). The summed E-state index contributed by atoms with van der Waals surface area (Å²) in [5.41, 5.74) is 0. The van der Waals surface area contributed by atoms with E-state index in [0.717, 1.165) is 0 Å². The predicted molar refractivity (Wildman–Crippen MR) is 34.4 cm³/mol. The molecule has 0 spiro atoms. The van der Waals surface area contributed by atoms with Crippen LogP contribution in [0, 0.1) is 5.92 Å². The van der Waals surface area contributed by atoms with Crippen molar-refractivity contribution in [3.63, 3.8) is 0 Å². The molecule has 0 aliphatic heterocycles. The van der Waals surface area contributed by atoms with Crippen molar-refractivity contribution in [1.29, 1.82) is 0 Å². The third-order valence-electron chi connectivity index (χ3n) is 1.33. The molecule has 13 heavy (non-hydrogen) atoms. The minimum atomic E-state index is -2.26. The number of aliphatic hydroxyl groups excluding tert-OH is 1. The van der Waals surface area contributed by atoms with Crippen molar-refractivity contribution in [3.05, 3.63) is 0 Å². The molecule has 3 N–H and O–H groups in total. The van der Waals surface area contributed by atoms with Crippen LogP contribution in [0.15, 0.2) is 0 Å². The normalized spacial score (nSPS) is 14.5. The Balaban J connectivity index is 4.51. The summed E-state index contributed by atoms with van der Waals surface area (Å²) in [5.74, 6) is -7.16. The third kappa shape index (κ3) is 3.52. The molecule has 7 heteroatoms. The van der Waals surface area contributed by atoms with Crippen LogP contribution in [0.5, 0.6) is 0 Å². The summed E-state index contributed by atoms with van der Waals surface area (Å²) in [6, 6.07) is 0. The number of carboxylic acids is 3. The lowest BCUT2D eigenvalue weighted by atomic mass is 9.99. The lowest BCUT2D eigenvalue weighted by Gasteiger charge is -2.18. The predicted octanol–water partition coefficient (Wildman–Crippen LogP) is -2.73. The van der Waals surface area contributed by atoms with Crippen LogP contribution in [0.2, 0.25) is 0 Å². The van der Waals surface area contributed by atoms with E-state index in [0.29, 0.717) is 0 Å². The maximum absolute atomic E-state index is 10.2. The Morgan fingerprint density at radius 1 is 1.23 bits per heavy atom. The van der Waals surface area contributed by atoms with Crippen LogP contribution in [0.25, 0.3) is 0 Å². The van der Waals surface area contributed by atoms with E-state index in [1.807, 2.05) is 0 Å². The second-order valence-corrected chi connectivity index (χ2v) is 2.31. The molecule has 2 unspecified atom stereocenters. The van der Waals surface area contributed by atoms with E-state index < -0.39 is 36.4 Å². The van der Waals surface area contributed by atoms with Crippen LogP contribution >= 0.6 is 0 Å². The lowest BCUT2D eigenvalue weighted by Crippen LogP contribution is -2.43. The highest BCUT2D eigenvalue weighted by atomic mass is 16.4. The summed E-state index contributed by atoms with van der Waals surface area (Å²) >= 11 is 0. The Hall–Kier alpha value is -1.63. The summed E-state index contributed by atoms with van der Waals surface area (Å²) in [4.78, 5) is 30.3. The third-order valence-corrected chi connectivity index (χ3v) is 1.33. The van der Waals surface area contributed by atoms with E-state index in [1.54, 1.807) is 0 Å². The maximum atomic E-state index is 10.2. The number of aliphatic carboxylic acids is 3. The number of rotatable bonds is 5. The molecule has 0 heterocycles. The zero-order chi connectivity index (χ0) is 10.6. The highest BCUT2D eigenvalue weighted by Crippen LogP contribution is 2.08. The van der Waals surface area contributed by atoms with Crippen LogP contribution in [0.4, 0.5) is 0 Å². The molecule has 74 valence electrons. The molecular weight excluding hydrogens is 184 g/mol. The Kier molecular flexibility index (Phi) is 3.86. The van der Waals surface area contributed by atoms with Gasteiger partial charge in [-0.05, 0) is 0 Å². The van der Waals surface area contributed by atoms with E-state index in [2.05, 4.69) is 0 Å². The van der Waals surface area contributed by atoms with Crippen LogP contribution in [0.3, 0.4) is 0 Å². The molecule has 7 nitrogen and oxygen atoms in total. The molecule has 0 radical (unpaired) electrons. The standard InChI is InChI=1S/C6H8O7/c7-3(8)1-2(5(10)11)4(9)6(12)13/h2,4,9H,1H2,(H,7,8)(H,10,11)(H,12,13)/p-1. The summed E-state index contributed by atoms with van der Waals surface area (Å²) in [6.07, 6.45) is -3.25. The molecule has 0 aromatic carbocycles. The molecule has 0 aliphatic carbocycles. The largest absolute Gasteiger partial charge is 0.550 e. The second-order valence-electron chi connectivity index (χ2n) is 2.31. The van der Waals surface area contributed by atoms with E-state index in [-0.39, 0.29) is 0 Å². The Bertz CT molecular complexity index is 233.